The molecule has 5 nitrogen and oxygen atoms in total. The maximum absolute atomic E-state index is 12.4. The third-order valence-corrected chi connectivity index (χ3v) is 4.77. The van der Waals surface area contributed by atoms with Crippen molar-refractivity contribution >= 4 is 5.91 Å². The zero-order chi connectivity index (χ0) is 18.4. The van der Waals surface area contributed by atoms with Gasteiger partial charge in [0.15, 0.2) is 6.61 Å². The predicted molar refractivity (Wildman–Crippen MR) is 99.2 cm³/mol. The van der Waals surface area contributed by atoms with Gasteiger partial charge in [0.05, 0.1) is 13.7 Å². The molecule has 1 amide bonds. The number of amides is 1. The van der Waals surface area contributed by atoms with Crippen LogP contribution in [0, 0.1) is 5.92 Å². The Hall–Kier alpha value is -2.53. The van der Waals surface area contributed by atoms with Crippen LogP contribution in [-0.4, -0.2) is 42.7 Å². The van der Waals surface area contributed by atoms with Gasteiger partial charge in [0.2, 0.25) is 0 Å². The van der Waals surface area contributed by atoms with E-state index >= 15 is 0 Å². The molecule has 1 aliphatic heterocycles. The molecule has 5 heteroatoms. The molecule has 2 aromatic carbocycles. The minimum atomic E-state index is 0.0194. The Kier molecular flexibility index (Phi) is 6.12. The number of aliphatic hydroxyl groups is 1. The normalized spacial score (nSPS) is 16.5. The number of rotatable bonds is 7. The van der Waals surface area contributed by atoms with E-state index in [4.69, 9.17) is 14.6 Å². The molecule has 0 spiro atoms. The Morgan fingerprint density at radius 2 is 1.88 bits per heavy atom. The molecule has 138 valence electrons. The molecule has 1 fully saturated rings. The number of hydrogen-bond acceptors (Lipinski definition) is 4. The Bertz CT molecular complexity index is 729. The van der Waals surface area contributed by atoms with Crippen LogP contribution in [0.4, 0.5) is 0 Å². The Morgan fingerprint density at radius 3 is 2.62 bits per heavy atom. The number of carbonyl (C=O) groups excluding carboxylic acids is 1. The van der Waals surface area contributed by atoms with E-state index < -0.39 is 0 Å². The quantitative estimate of drug-likeness (QED) is 0.830. The predicted octanol–water partition coefficient (Wildman–Crippen LogP) is 2.66. The summed E-state index contributed by atoms with van der Waals surface area (Å²) in [4.78, 5) is 14.3. The van der Waals surface area contributed by atoms with E-state index in [0.717, 1.165) is 31.5 Å². The number of methoxy groups -OCH3 is 1. The minimum absolute atomic E-state index is 0.0194. The summed E-state index contributed by atoms with van der Waals surface area (Å²) in [6, 6.07) is 15.3. The van der Waals surface area contributed by atoms with Crippen LogP contribution in [0.2, 0.25) is 0 Å². The molecule has 0 unspecified atom stereocenters. The van der Waals surface area contributed by atoms with E-state index in [9.17, 15) is 4.79 Å². The first kappa shape index (κ1) is 18.3. The molecule has 0 radical (unpaired) electrons. The highest BCUT2D eigenvalue weighted by atomic mass is 16.5. The van der Waals surface area contributed by atoms with E-state index in [2.05, 4.69) is 12.1 Å². The standard InChI is InChI=1S/C21H25NO4/c1-25-19-3-2-4-20(12-19)26-15-21(24)22-10-9-18(13-22)11-16-5-7-17(14-23)8-6-16/h2-8,12,18,23H,9-11,13-15H2,1H3/t18-/m0/s1. The van der Waals surface area contributed by atoms with Gasteiger partial charge >= 0.3 is 0 Å². The van der Waals surface area contributed by atoms with E-state index in [-0.39, 0.29) is 19.1 Å². The average Bonchev–Trinajstić information content (AvgIpc) is 3.15. The molecule has 1 N–H and O–H groups in total. The summed E-state index contributed by atoms with van der Waals surface area (Å²) >= 11 is 0. The van der Waals surface area contributed by atoms with Crippen molar-refractivity contribution in [2.24, 2.45) is 5.92 Å². The number of hydrogen-bond donors (Lipinski definition) is 1. The lowest BCUT2D eigenvalue weighted by molar-refractivity contribution is -0.132. The van der Waals surface area contributed by atoms with Gasteiger partial charge in [0.25, 0.3) is 5.91 Å². The summed E-state index contributed by atoms with van der Waals surface area (Å²) in [6.45, 7) is 1.66. The third-order valence-electron chi connectivity index (χ3n) is 4.77. The molecule has 1 atom stereocenters. The van der Waals surface area contributed by atoms with Gasteiger partial charge in [-0.1, -0.05) is 30.3 Å². The van der Waals surface area contributed by atoms with E-state index in [1.807, 2.05) is 35.2 Å². The Labute approximate surface area is 154 Å². The molecule has 26 heavy (non-hydrogen) atoms. The van der Waals surface area contributed by atoms with Gasteiger partial charge in [-0.25, -0.2) is 0 Å². The molecule has 3 rings (SSSR count). The second-order valence-electron chi connectivity index (χ2n) is 6.64. The number of aliphatic hydroxyl groups excluding tert-OH is 1. The van der Waals surface area contributed by atoms with Crippen molar-refractivity contribution in [2.75, 3.05) is 26.8 Å². The fraction of sp³-hybridized carbons (Fsp3) is 0.381. The molecular formula is C21H25NO4. The highest BCUT2D eigenvalue weighted by Gasteiger charge is 2.26. The zero-order valence-electron chi connectivity index (χ0n) is 15.1. The number of ether oxygens (including phenoxy) is 2. The fourth-order valence-electron chi connectivity index (χ4n) is 3.27. The highest BCUT2D eigenvalue weighted by Crippen LogP contribution is 2.22. The fourth-order valence-corrected chi connectivity index (χ4v) is 3.27. The molecular weight excluding hydrogens is 330 g/mol. The van der Waals surface area contributed by atoms with E-state index in [1.165, 1.54) is 5.56 Å². The lowest BCUT2D eigenvalue weighted by atomic mass is 9.98. The van der Waals surface area contributed by atoms with Gasteiger partial charge in [-0.2, -0.15) is 0 Å². The minimum Gasteiger partial charge on any atom is -0.497 e. The van der Waals surface area contributed by atoms with Gasteiger partial charge < -0.3 is 19.5 Å². The molecule has 0 saturated carbocycles. The topological polar surface area (TPSA) is 59.0 Å². The zero-order valence-corrected chi connectivity index (χ0v) is 15.1. The van der Waals surface area contributed by atoms with Crippen LogP contribution in [0.25, 0.3) is 0 Å². The summed E-state index contributed by atoms with van der Waals surface area (Å²) in [5.41, 5.74) is 2.17. The summed E-state index contributed by atoms with van der Waals surface area (Å²) in [7, 11) is 1.60. The molecule has 0 aromatic heterocycles. The third kappa shape index (κ3) is 4.76. The van der Waals surface area contributed by atoms with Crippen molar-refractivity contribution in [3.8, 4) is 11.5 Å². The summed E-state index contributed by atoms with van der Waals surface area (Å²) in [6.07, 6.45) is 1.96. The molecule has 2 aromatic rings. The molecule has 0 aliphatic carbocycles. The lowest BCUT2D eigenvalue weighted by Crippen LogP contribution is -2.33. The van der Waals surface area contributed by atoms with E-state index in [1.54, 1.807) is 13.2 Å². The first-order valence-electron chi connectivity index (χ1n) is 8.91. The van der Waals surface area contributed by atoms with Crippen LogP contribution in [-0.2, 0) is 17.8 Å². The lowest BCUT2D eigenvalue weighted by Gasteiger charge is -2.17. The van der Waals surface area contributed by atoms with E-state index in [0.29, 0.717) is 17.4 Å². The SMILES string of the molecule is COc1cccc(OCC(=O)N2CC[C@@H](Cc3ccc(CO)cc3)C2)c1. The highest BCUT2D eigenvalue weighted by molar-refractivity contribution is 5.78. The first-order valence-corrected chi connectivity index (χ1v) is 8.91. The van der Waals surface area contributed by atoms with Crippen LogP contribution in [0.15, 0.2) is 48.5 Å². The molecule has 1 aliphatic rings. The van der Waals surface area contributed by atoms with Crippen LogP contribution in [0.3, 0.4) is 0 Å². The van der Waals surface area contributed by atoms with Crippen molar-refractivity contribution in [1.82, 2.24) is 4.90 Å². The van der Waals surface area contributed by atoms with Crippen LogP contribution in [0.1, 0.15) is 17.5 Å². The maximum atomic E-state index is 12.4. The summed E-state index contributed by atoms with van der Waals surface area (Å²) in [5.74, 6) is 1.84. The van der Waals surface area contributed by atoms with Crippen molar-refractivity contribution in [3.05, 3.63) is 59.7 Å². The van der Waals surface area contributed by atoms with Crippen molar-refractivity contribution in [3.63, 3.8) is 0 Å². The van der Waals surface area contributed by atoms with Crippen LogP contribution in [0.5, 0.6) is 11.5 Å². The smallest absolute Gasteiger partial charge is 0.260 e. The van der Waals surface area contributed by atoms with Crippen LogP contribution < -0.4 is 9.47 Å². The van der Waals surface area contributed by atoms with Gasteiger partial charge in [-0.05, 0) is 42.0 Å². The molecule has 1 heterocycles. The number of carbonyl (C=O) groups is 1. The number of nitrogens with zero attached hydrogens (tertiary/aromatic N) is 1. The summed E-state index contributed by atoms with van der Waals surface area (Å²) in [5, 5.41) is 9.11. The Morgan fingerprint density at radius 1 is 1.15 bits per heavy atom. The van der Waals surface area contributed by atoms with Gasteiger partial charge in [-0.3, -0.25) is 4.79 Å². The van der Waals surface area contributed by atoms with Crippen molar-refractivity contribution in [1.29, 1.82) is 0 Å². The largest absolute Gasteiger partial charge is 0.497 e. The van der Waals surface area contributed by atoms with Gasteiger partial charge in [-0.15, -0.1) is 0 Å². The van der Waals surface area contributed by atoms with Crippen molar-refractivity contribution in [2.45, 2.75) is 19.4 Å². The number of likely N-dealkylation sites (tertiary alicyclic amines) is 1. The monoisotopic (exact) mass is 355 g/mol. The maximum Gasteiger partial charge on any atom is 0.260 e. The molecule has 0 bridgehead atoms. The molecule has 1 saturated heterocycles. The second-order valence-corrected chi connectivity index (χ2v) is 6.64. The van der Waals surface area contributed by atoms with Gasteiger partial charge in [0, 0.05) is 19.2 Å². The van der Waals surface area contributed by atoms with Crippen molar-refractivity contribution < 1.29 is 19.4 Å². The summed E-state index contributed by atoms with van der Waals surface area (Å²) < 4.78 is 10.8. The van der Waals surface area contributed by atoms with Crippen LogP contribution >= 0.6 is 0 Å². The average molecular weight is 355 g/mol. The first-order chi connectivity index (χ1) is 12.7. The second kappa shape index (κ2) is 8.72. The Balaban J connectivity index is 1.47. The van der Waals surface area contributed by atoms with Gasteiger partial charge in [0.1, 0.15) is 11.5 Å². The number of benzene rings is 2.